The predicted molar refractivity (Wildman–Crippen MR) is 43.5 cm³/mol. The van der Waals surface area contributed by atoms with Gasteiger partial charge in [0.05, 0.1) is 12.9 Å². The Labute approximate surface area is 70.0 Å². The van der Waals surface area contributed by atoms with E-state index in [0.29, 0.717) is 0 Å². The second kappa shape index (κ2) is 7.26. The summed E-state index contributed by atoms with van der Waals surface area (Å²) in [5.74, 6) is 3.73. The van der Waals surface area contributed by atoms with Crippen LogP contribution in [-0.4, -0.2) is 30.0 Å². The first-order chi connectivity index (χ1) is 4.68. The molecule has 0 saturated heterocycles. The lowest BCUT2D eigenvalue weighted by Crippen LogP contribution is -2.33. The van der Waals surface area contributed by atoms with Crippen LogP contribution in [0.1, 0.15) is 0 Å². The van der Waals surface area contributed by atoms with E-state index in [2.05, 4.69) is 10.4 Å². The van der Waals surface area contributed by atoms with Crippen molar-refractivity contribution < 1.29 is 9.90 Å². The van der Waals surface area contributed by atoms with Gasteiger partial charge in [-0.25, -0.2) is 5.84 Å². The van der Waals surface area contributed by atoms with Crippen LogP contribution in [0.5, 0.6) is 0 Å². The highest BCUT2D eigenvalue weighted by molar-refractivity contribution is 5.85. The highest BCUT2D eigenvalue weighted by Gasteiger charge is 2.08. The van der Waals surface area contributed by atoms with Gasteiger partial charge in [0.2, 0.25) is 0 Å². The lowest BCUT2D eigenvalue weighted by molar-refractivity contribution is -0.138. The van der Waals surface area contributed by atoms with Crippen molar-refractivity contribution in [3.05, 3.63) is 0 Å². The Bertz CT molecular complexity index is 140. The third kappa shape index (κ3) is 7.04. The van der Waals surface area contributed by atoms with Crippen LogP contribution >= 0.6 is 12.4 Å². The summed E-state index contributed by atoms with van der Waals surface area (Å²) >= 11 is 0. The van der Waals surface area contributed by atoms with Gasteiger partial charge in [-0.05, 0) is 0 Å². The van der Waals surface area contributed by atoms with Crippen LogP contribution in [0, 0.1) is 0 Å². The first-order valence-electron chi connectivity index (χ1n) is 2.61. The molecule has 0 heterocycles. The maximum absolute atomic E-state index is 10.0. The molecular weight excluding hydrogens is 172 g/mol. The molecule has 0 aliphatic rings. The van der Waals surface area contributed by atoms with Crippen molar-refractivity contribution in [1.82, 2.24) is 5.43 Å². The predicted octanol–water partition coefficient (Wildman–Crippen LogP) is -1.69. The van der Waals surface area contributed by atoms with Gasteiger partial charge in [-0.1, -0.05) is 0 Å². The molecule has 0 aliphatic carbocycles. The van der Waals surface area contributed by atoms with Gasteiger partial charge in [-0.15, -0.1) is 12.4 Å². The largest absolute Gasteiger partial charge is 0.480 e. The molecular formula is C4H11ClN4O2. The zero-order valence-electron chi connectivity index (χ0n) is 5.73. The van der Waals surface area contributed by atoms with Crippen LogP contribution in [-0.2, 0) is 4.79 Å². The monoisotopic (exact) mass is 182 g/mol. The summed E-state index contributed by atoms with van der Waals surface area (Å²) in [5, 5.41) is 8.23. The number of carboxylic acid groups (broad SMARTS) is 1. The number of carbonyl (C=O) groups is 1. The third-order valence-corrected chi connectivity index (χ3v) is 0.785. The summed E-state index contributed by atoms with van der Waals surface area (Å²) in [6.07, 6.45) is 1.18. The first-order valence-corrected chi connectivity index (χ1v) is 2.61. The number of hydrogen-bond acceptors (Lipinski definition) is 4. The topological polar surface area (TPSA) is 114 Å². The van der Waals surface area contributed by atoms with Gasteiger partial charge < -0.3 is 16.3 Å². The fraction of sp³-hybridized carbons (Fsp3) is 0.500. The van der Waals surface area contributed by atoms with Crippen LogP contribution in [0.2, 0.25) is 0 Å². The Hall–Kier alpha value is -0.850. The Morgan fingerprint density at radius 3 is 2.73 bits per heavy atom. The van der Waals surface area contributed by atoms with Crippen LogP contribution in [0.3, 0.4) is 0 Å². The van der Waals surface area contributed by atoms with E-state index in [0.717, 1.165) is 0 Å². The number of carboxylic acids is 1. The number of hydrazine groups is 1. The van der Waals surface area contributed by atoms with E-state index in [4.69, 9.17) is 16.7 Å². The van der Waals surface area contributed by atoms with Crippen molar-refractivity contribution in [1.29, 1.82) is 0 Å². The van der Waals surface area contributed by atoms with E-state index >= 15 is 0 Å². The molecule has 0 fully saturated rings. The molecule has 0 aliphatic heterocycles. The van der Waals surface area contributed by atoms with Gasteiger partial charge >= 0.3 is 5.97 Å². The molecule has 0 aromatic carbocycles. The summed E-state index contributed by atoms with van der Waals surface area (Å²) in [4.78, 5) is 13.6. The average molecular weight is 183 g/mol. The van der Waals surface area contributed by atoms with Crippen molar-refractivity contribution in [3.63, 3.8) is 0 Å². The molecule has 0 spiro atoms. The molecule has 0 bridgehead atoms. The SMILES string of the molecule is Cl.NNC=NC[C@H](N)C(=O)O. The number of nitrogens with two attached hydrogens (primary N) is 2. The van der Waals surface area contributed by atoms with Gasteiger partial charge in [0.15, 0.2) is 0 Å². The lowest BCUT2D eigenvalue weighted by Gasteiger charge is -1.99. The molecule has 7 heteroatoms. The van der Waals surface area contributed by atoms with Crippen molar-refractivity contribution in [2.75, 3.05) is 6.54 Å². The van der Waals surface area contributed by atoms with Crippen LogP contribution in [0.15, 0.2) is 4.99 Å². The number of nitrogens with one attached hydrogen (secondary N) is 1. The van der Waals surface area contributed by atoms with Crippen molar-refractivity contribution >= 4 is 24.7 Å². The van der Waals surface area contributed by atoms with Gasteiger partial charge in [-0.2, -0.15) is 0 Å². The smallest absolute Gasteiger partial charge is 0.322 e. The fourth-order valence-corrected chi connectivity index (χ4v) is 0.297. The molecule has 11 heavy (non-hydrogen) atoms. The molecule has 6 N–H and O–H groups in total. The number of rotatable bonds is 4. The van der Waals surface area contributed by atoms with Crippen molar-refractivity contribution in [3.8, 4) is 0 Å². The van der Waals surface area contributed by atoms with Crippen molar-refractivity contribution in [2.45, 2.75) is 6.04 Å². The van der Waals surface area contributed by atoms with Crippen molar-refractivity contribution in [2.24, 2.45) is 16.6 Å². The zero-order valence-corrected chi connectivity index (χ0v) is 6.54. The molecule has 0 aromatic rings. The summed E-state index contributed by atoms with van der Waals surface area (Å²) in [5.41, 5.74) is 7.20. The number of aliphatic imine (C=N–C) groups is 1. The number of hydrogen-bond donors (Lipinski definition) is 4. The number of aliphatic carboxylic acids is 1. The fourth-order valence-electron chi connectivity index (χ4n) is 0.297. The summed E-state index contributed by atoms with van der Waals surface area (Å²) in [7, 11) is 0. The summed E-state index contributed by atoms with van der Waals surface area (Å²) in [6, 6.07) is -0.954. The quantitative estimate of drug-likeness (QED) is 0.179. The van der Waals surface area contributed by atoms with Gasteiger partial charge in [-0.3, -0.25) is 9.79 Å². The minimum atomic E-state index is -1.07. The Morgan fingerprint density at radius 2 is 2.36 bits per heavy atom. The van der Waals surface area contributed by atoms with E-state index in [-0.39, 0.29) is 19.0 Å². The number of halogens is 1. The van der Waals surface area contributed by atoms with E-state index < -0.39 is 12.0 Å². The normalized spacial score (nSPS) is 12.2. The Morgan fingerprint density at radius 1 is 1.82 bits per heavy atom. The second-order valence-electron chi connectivity index (χ2n) is 1.61. The Balaban J connectivity index is 0. The van der Waals surface area contributed by atoms with E-state index in [1.165, 1.54) is 6.34 Å². The minimum Gasteiger partial charge on any atom is -0.480 e. The molecule has 0 rings (SSSR count). The van der Waals surface area contributed by atoms with E-state index in [1.54, 1.807) is 0 Å². The van der Waals surface area contributed by atoms with Crippen LogP contribution in [0.25, 0.3) is 0 Å². The van der Waals surface area contributed by atoms with Gasteiger partial charge in [0.25, 0.3) is 0 Å². The Kier molecular flexibility index (Phi) is 8.44. The van der Waals surface area contributed by atoms with Gasteiger partial charge in [0.1, 0.15) is 6.04 Å². The highest BCUT2D eigenvalue weighted by atomic mass is 35.5. The maximum atomic E-state index is 10.0. The van der Waals surface area contributed by atoms with Gasteiger partial charge in [0, 0.05) is 0 Å². The molecule has 0 amide bonds. The highest BCUT2D eigenvalue weighted by Crippen LogP contribution is 1.77. The number of nitrogens with zero attached hydrogens (tertiary/aromatic N) is 1. The molecule has 0 saturated carbocycles. The summed E-state index contributed by atoms with van der Waals surface area (Å²) < 4.78 is 0. The molecule has 0 unspecified atom stereocenters. The van der Waals surface area contributed by atoms with E-state index in [9.17, 15) is 4.79 Å². The molecule has 66 valence electrons. The molecule has 0 radical (unpaired) electrons. The molecule has 6 nitrogen and oxygen atoms in total. The van der Waals surface area contributed by atoms with E-state index in [1.807, 2.05) is 0 Å². The third-order valence-electron chi connectivity index (χ3n) is 0.785. The second-order valence-corrected chi connectivity index (χ2v) is 1.61. The molecule has 1 atom stereocenters. The standard InChI is InChI=1S/C4H10N4O2.ClH/c5-3(4(9)10)1-7-2-8-6;/h2-3H,1,5-6H2,(H,7,8)(H,9,10);1H/t3-;/m0./s1. The molecule has 0 aromatic heterocycles. The lowest BCUT2D eigenvalue weighted by atomic mass is 10.3. The van der Waals surface area contributed by atoms with Crippen LogP contribution in [0.4, 0.5) is 0 Å². The first kappa shape index (κ1) is 12.8. The van der Waals surface area contributed by atoms with Crippen LogP contribution < -0.4 is 17.0 Å². The average Bonchev–Trinajstić information content (AvgIpc) is 1.88. The minimum absolute atomic E-state index is 0. The zero-order chi connectivity index (χ0) is 7.98. The maximum Gasteiger partial charge on any atom is 0.322 e. The summed E-state index contributed by atoms with van der Waals surface area (Å²) in [6.45, 7) is 0.0273.